The van der Waals surface area contributed by atoms with Crippen LogP contribution in [0.3, 0.4) is 0 Å². The molecular formula is C25H34ClN3O3. The molecule has 0 saturated carbocycles. The summed E-state index contributed by atoms with van der Waals surface area (Å²) in [5, 5.41) is 5.50. The molecule has 7 heteroatoms. The van der Waals surface area contributed by atoms with Crippen LogP contribution >= 0.6 is 11.6 Å². The lowest BCUT2D eigenvalue weighted by atomic mass is 9.86. The van der Waals surface area contributed by atoms with Crippen LogP contribution in [0.25, 0.3) is 0 Å². The number of hydrogen-bond donors (Lipinski definition) is 0. The number of halogens is 1. The van der Waals surface area contributed by atoms with Gasteiger partial charge < -0.3 is 14.4 Å². The van der Waals surface area contributed by atoms with Crippen molar-refractivity contribution in [2.75, 3.05) is 19.7 Å². The van der Waals surface area contributed by atoms with Crippen LogP contribution in [0.15, 0.2) is 18.2 Å². The van der Waals surface area contributed by atoms with Gasteiger partial charge in [-0.15, -0.1) is 0 Å². The average molecular weight is 460 g/mol. The Morgan fingerprint density at radius 3 is 2.59 bits per heavy atom. The molecule has 1 aromatic heterocycles. The number of rotatable bonds is 5. The normalized spacial score (nSPS) is 19.4. The summed E-state index contributed by atoms with van der Waals surface area (Å²) in [6.45, 7) is 11.0. The number of ether oxygens (including phenoxy) is 2. The molecule has 2 aliphatic rings. The third-order valence-corrected chi connectivity index (χ3v) is 6.68. The van der Waals surface area contributed by atoms with Crippen LogP contribution < -0.4 is 4.74 Å². The number of carbonyl (C=O) groups excluding carboxylic acids is 1. The van der Waals surface area contributed by atoms with Gasteiger partial charge in [-0.3, -0.25) is 4.79 Å². The van der Waals surface area contributed by atoms with Gasteiger partial charge in [0.25, 0.3) is 5.91 Å². The van der Waals surface area contributed by atoms with Gasteiger partial charge >= 0.3 is 0 Å². The fraction of sp³-hybridized carbons (Fsp3) is 0.600. The van der Waals surface area contributed by atoms with Crippen LogP contribution in [0.2, 0.25) is 5.02 Å². The molecule has 0 N–H and O–H groups in total. The van der Waals surface area contributed by atoms with Gasteiger partial charge in [0.2, 0.25) is 0 Å². The van der Waals surface area contributed by atoms with E-state index in [4.69, 9.17) is 26.2 Å². The number of aryl methyl sites for hydroxylation is 1. The molecule has 2 aliphatic heterocycles. The minimum Gasteiger partial charge on any atom is -0.487 e. The Morgan fingerprint density at radius 2 is 1.94 bits per heavy atom. The first kappa shape index (κ1) is 23.1. The maximum absolute atomic E-state index is 13.2. The lowest BCUT2D eigenvalue weighted by Crippen LogP contribution is -2.31. The van der Waals surface area contributed by atoms with Crippen molar-refractivity contribution in [2.45, 2.75) is 78.0 Å². The molecule has 2 saturated heterocycles. The molecule has 1 unspecified atom stereocenters. The van der Waals surface area contributed by atoms with Gasteiger partial charge in [0.1, 0.15) is 23.7 Å². The fourth-order valence-corrected chi connectivity index (χ4v) is 4.57. The number of hydrogen-bond acceptors (Lipinski definition) is 4. The highest BCUT2D eigenvalue weighted by atomic mass is 35.5. The van der Waals surface area contributed by atoms with E-state index in [9.17, 15) is 4.79 Å². The van der Waals surface area contributed by atoms with Crippen molar-refractivity contribution in [3.63, 3.8) is 0 Å². The Morgan fingerprint density at radius 1 is 1.19 bits per heavy atom. The lowest BCUT2D eigenvalue weighted by Gasteiger charge is -2.25. The van der Waals surface area contributed by atoms with Gasteiger partial charge in [-0.25, -0.2) is 4.68 Å². The molecule has 2 aromatic rings. The van der Waals surface area contributed by atoms with Crippen LogP contribution in [-0.2, 0) is 16.8 Å². The summed E-state index contributed by atoms with van der Waals surface area (Å²) < 4.78 is 14.0. The van der Waals surface area contributed by atoms with Crippen molar-refractivity contribution in [3.8, 4) is 5.75 Å². The van der Waals surface area contributed by atoms with E-state index in [-0.39, 0.29) is 24.2 Å². The second-order valence-electron chi connectivity index (χ2n) is 9.92. The molecule has 1 aromatic carbocycles. The van der Waals surface area contributed by atoms with E-state index in [1.807, 2.05) is 30.0 Å². The second kappa shape index (κ2) is 9.44. The zero-order valence-corrected chi connectivity index (χ0v) is 20.4. The highest BCUT2D eigenvalue weighted by molar-refractivity contribution is 6.31. The predicted molar refractivity (Wildman–Crippen MR) is 125 cm³/mol. The number of carbonyl (C=O) groups is 1. The number of nitrogens with zero attached hydrogens (tertiary/aromatic N) is 3. The molecule has 1 atom stereocenters. The van der Waals surface area contributed by atoms with E-state index in [0.29, 0.717) is 12.3 Å². The Kier molecular flexibility index (Phi) is 6.82. The van der Waals surface area contributed by atoms with Crippen LogP contribution in [0, 0.1) is 6.92 Å². The van der Waals surface area contributed by atoms with Crippen molar-refractivity contribution in [2.24, 2.45) is 0 Å². The first-order valence-corrected chi connectivity index (χ1v) is 12.0. The van der Waals surface area contributed by atoms with Crippen molar-refractivity contribution in [1.82, 2.24) is 14.7 Å². The smallest absolute Gasteiger partial charge is 0.272 e. The Bertz CT molecular complexity index is 968. The molecule has 6 nitrogen and oxygen atoms in total. The summed E-state index contributed by atoms with van der Waals surface area (Å²) in [4.78, 5) is 15.1. The van der Waals surface area contributed by atoms with E-state index < -0.39 is 0 Å². The third-order valence-electron chi connectivity index (χ3n) is 6.27. The van der Waals surface area contributed by atoms with Gasteiger partial charge in [-0.2, -0.15) is 5.10 Å². The molecule has 0 spiro atoms. The number of likely N-dealkylation sites (tertiary alicyclic amines) is 1. The van der Waals surface area contributed by atoms with E-state index in [1.54, 1.807) is 4.68 Å². The van der Waals surface area contributed by atoms with Gasteiger partial charge in [-0.05, 0) is 68.2 Å². The maximum atomic E-state index is 13.2. The quantitative estimate of drug-likeness (QED) is 0.579. The Labute approximate surface area is 195 Å². The molecule has 3 heterocycles. The van der Waals surface area contributed by atoms with Crippen LogP contribution in [0.5, 0.6) is 5.75 Å². The number of benzene rings is 1. The van der Waals surface area contributed by atoms with Crippen LogP contribution in [0.4, 0.5) is 0 Å². The third kappa shape index (κ3) is 4.96. The molecule has 174 valence electrons. The van der Waals surface area contributed by atoms with Gasteiger partial charge in [0.05, 0.1) is 0 Å². The van der Waals surface area contributed by atoms with E-state index >= 15 is 0 Å². The minimum absolute atomic E-state index is 0.0353. The molecule has 32 heavy (non-hydrogen) atoms. The largest absolute Gasteiger partial charge is 0.487 e. The molecule has 0 aliphatic carbocycles. The summed E-state index contributed by atoms with van der Waals surface area (Å²) in [6, 6.07) is 5.85. The lowest BCUT2D eigenvalue weighted by molar-refractivity contribution is -0.0413. The van der Waals surface area contributed by atoms with Crippen LogP contribution in [0.1, 0.15) is 86.4 Å². The van der Waals surface area contributed by atoms with Crippen LogP contribution in [-0.4, -0.2) is 40.3 Å². The number of aromatic nitrogens is 2. The zero-order valence-electron chi connectivity index (χ0n) is 19.6. The molecule has 1 amide bonds. The first-order valence-electron chi connectivity index (χ1n) is 11.7. The van der Waals surface area contributed by atoms with E-state index in [2.05, 4.69) is 20.8 Å². The van der Waals surface area contributed by atoms with Crippen molar-refractivity contribution in [1.29, 1.82) is 0 Å². The minimum atomic E-state index is -0.193. The predicted octanol–water partition coefficient (Wildman–Crippen LogP) is 5.66. The monoisotopic (exact) mass is 459 g/mol. The average Bonchev–Trinajstić information content (AvgIpc) is 3.44. The summed E-state index contributed by atoms with van der Waals surface area (Å²) in [5.41, 5.74) is 3.24. The summed E-state index contributed by atoms with van der Waals surface area (Å²) in [6.07, 6.45) is 4.92. The number of amides is 1. The highest BCUT2D eigenvalue weighted by Gasteiger charge is 2.28. The summed E-state index contributed by atoms with van der Waals surface area (Å²) in [7, 11) is 0. The van der Waals surface area contributed by atoms with Crippen molar-refractivity contribution >= 4 is 17.5 Å². The maximum Gasteiger partial charge on any atom is 0.272 e. The first-order chi connectivity index (χ1) is 15.2. The summed E-state index contributed by atoms with van der Waals surface area (Å²) in [5.74, 6) is 0.837. The van der Waals surface area contributed by atoms with Crippen molar-refractivity contribution < 1.29 is 14.3 Å². The molecule has 2 fully saturated rings. The Hall–Kier alpha value is -2.05. The second-order valence-corrected chi connectivity index (χ2v) is 10.3. The van der Waals surface area contributed by atoms with Gasteiger partial charge in [0.15, 0.2) is 6.23 Å². The van der Waals surface area contributed by atoms with E-state index in [0.717, 1.165) is 72.8 Å². The standard InChI is InChI=1S/C25H34ClN3O3/c1-17-13-22(19(15-20(17)26)25(2,3)4)32-16-18-14-21(24(30)28-10-6-7-11-28)29(27-18)23-9-5-8-12-31-23/h13-15,23H,5-12,16H2,1-4H3. The van der Waals surface area contributed by atoms with E-state index in [1.165, 1.54) is 0 Å². The molecule has 0 bridgehead atoms. The SMILES string of the molecule is Cc1cc(OCc2cc(C(=O)N3CCCC3)n(C3CCCCO3)n2)c(C(C)(C)C)cc1Cl. The topological polar surface area (TPSA) is 56.6 Å². The molecule has 4 rings (SSSR count). The van der Waals surface area contributed by atoms with Gasteiger partial charge in [-0.1, -0.05) is 32.4 Å². The zero-order chi connectivity index (χ0) is 22.9. The Balaban J connectivity index is 1.60. The summed E-state index contributed by atoms with van der Waals surface area (Å²) >= 11 is 6.39. The molecule has 0 radical (unpaired) electrons. The molecular weight excluding hydrogens is 426 g/mol. The van der Waals surface area contributed by atoms with Crippen molar-refractivity contribution in [3.05, 3.63) is 45.7 Å². The fourth-order valence-electron chi connectivity index (χ4n) is 4.41. The van der Waals surface area contributed by atoms with Gasteiger partial charge in [0, 0.05) is 30.3 Å². The highest BCUT2D eigenvalue weighted by Crippen LogP contribution is 2.36.